The molecule has 1 amide bonds. The van der Waals surface area contributed by atoms with E-state index in [0.29, 0.717) is 33.1 Å². The van der Waals surface area contributed by atoms with Gasteiger partial charge in [-0.05, 0) is 79.1 Å². The van der Waals surface area contributed by atoms with Crippen molar-refractivity contribution in [1.29, 1.82) is 0 Å². The molecule has 0 aliphatic carbocycles. The lowest BCUT2D eigenvalue weighted by atomic mass is 10.1. The Balaban J connectivity index is 1.57. The molecular formula is C29H25ClFN3O3S. The van der Waals surface area contributed by atoms with Gasteiger partial charge in [0.2, 0.25) is 0 Å². The normalized spacial score (nSPS) is 11.7. The molecule has 0 spiro atoms. The van der Waals surface area contributed by atoms with Gasteiger partial charge in [-0.15, -0.1) is 0 Å². The van der Waals surface area contributed by atoms with Gasteiger partial charge in [0.15, 0.2) is 0 Å². The molecule has 0 aromatic heterocycles. The highest BCUT2D eigenvalue weighted by Crippen LogP contribution is 2.31. The van der Waals surface area contributed by atoms with Crippen LogP contribution >= 0.6 is 11.6 Å². The van der Waals surface area contributed by atoms with E-state index < -0.39 is 15.9 Å². The summed E-state index contributed by atoms with van der Waals surface area (Å²) in [7, 11) is -3.91. The van der Waals surface area contributed by atoms with Gasteiger partial charge in [-0.1, -0.05) is 60.1 Å². The lowest BCUT2D eigenvalue weighted by molar-refractivity contribution is 0.0955. The highest BCUT2D eigenvalue weighted by molar-refractivity contribution is 7.92. The van der Waals surface area contributed by atoms with E-state index in [2.05, 4.69) is 10.5 Å². The van der Waals surface area contributed by atoms with Crippen molar-refractivity contribution >= 4 is 38.9 Å². The molecule has 6 nitrogen and oxygen atoms in total. The number of sulfonamides is 1. The van der Waals surface area contributed by atoms with Gasteiger partial charge in [-0.3, -0.25) is 9.10 Å². The maximum absolute atomic E-state index is 13.6. The molecule has 0 atom stereocenters. The maximum atomic E-state index is 13.6. The number of aryl methyl sites for hydroxylation is 1. The number of nitrogens with zero attached hydrogens (tertiary/aromatic N) is 2. The van der Waals surface area contributed by atoms with Crippen LogP contribution in [0.4, 0.5) is 10.1 Å². The van der Waals surface area contributed by atoms with Crippen LogP contribution in [0.5, 0.6) is 0 Å². The van der Waals surface area contributed by atoms with Gasteiger partial charge in [0.1, 0.15) is 5.82 Å². The smallest absolute Gasteiger partial charge is 0.267 e. The van der Waals surface area contributed by atoms with Gasteiger partial charge < -0.3 is 0 Å². The van der Waals surface area contributed by atoms with Crippen molar-refractivity contribution in [3.05, 3.63) is 130 Å². The molecule has 4 aromatic rings. The molecule has 0 aliphatic heterocycles. The summed E-state index contributed by atoms with van der Waals surface area (Å²) in [5, 5.41) is 4.51. The number of hydrogen-bond acceptors (Lipinski definition) is 4. The van der Waals surface area contributed by atoms with Gasteiger partial charge >= 0.3 is 0 Å². The molecule has 0 heterocycles. The van der Waals surface area contributed by atoms with E-state index in [0.717, 1.165) is 5.56 Å². The van der Waals surface area contributed by atoms with E-state index in [1.54, 1.807) is 91.9 Å². The quantitative estimate of drug-likeness (QED) is 0.206. The summed E-state index contributed by atoms with van der Waals surface area (Å²) in [6.45, 7) is 3.55. The van der Waals surface area contributed by atoms with Gasteiger partial charge in [0.25, 0.3) is 15.9 Å². The molecule has 0 aliphatic rings. The molecule has 0 fully saturated rings. The fourth-order valence-corrected chi connectivity index (χ4v) is 5.45. The molecule has 4 aromatic carbocycles. The Morgan fingerprint density at radius 1 is 0.921 bits per heavy atom. The van der Waals surface area contributed by atoms with Crippen LogP contribution in [0.2, 0.25) is 5.02 Å². The first-order valence-electron chi connectivity index (χ1n) is 11.7. The van der Waals surface area contributed by atoms with Crippen molar-refractivity contribution in [2.45, 2.75) is 25.3 Å². The van der Waals surface area contributed by atoms with Gasteiger partial charge in [-0.25, -0.2) is 18.2 Å². The minimum atomic E-state index is -3.91. The first-order chi connectivity index (χ1) is 18.1. The first-order valence-corrected chi connectivity index (χ1v) is 13.5. The molecule has 1 N–H and O–H groups in total. The highest BCUT2D eigenvalue weighted by Gasteiger charge is 2.26. The highest BCUT2D eigenvalue weighted by atomic mass is 35.5. The molecule has 0 saturated heterocycles. The zero-order valence-corrected chi connectivity index (χ0v) is 22.3. The Hall–Kier alpha value is -4.01. The third kappa shape index (κ3) is 6.27. The third-order valence-corrected chi connectivity index (χ3v) is 7.91. The fourth-order valence-electron chi connectivity index (χ4n) is 3.75. The Kier molecular flexibility index (Phi) is 8.24. The molecule has 0 unspecified atom stereocenters. The van der Waals surface area contributed by atoms with E-state index in [9.17, 15) is 17.6 Å². The minimum absolute atomic E-state index is 0.0299. The number of halogens is 2. The zero-order chi connectivity index (χ0) is 27.3. The maximum Gasteiger partial charge on any atom is 0.271 e. The summed E-state index contributed by atoms with van der Waals surface area (Å²) < 4.78 is 41.7. The van der Waals surface area contributed by atoms with Crippen molar-refractivity contribution < 1.29 is 17.6 Å². The van der Waals surface area contributed by atoms with Crippen molar-refractivity contribution in [3.63, 3.8) is 0 Å². The summed E-state index contributed by atoms with van der Waals surface area (Å²) >= 11 is 6.22. The minimum Gasteiger partial charge on any atom is -0.267 e. The average molecular weight is 550 g/mol. The predicted octanol–water partition coefficient (Wildman–Crippen LogP) is 6.34. The van der Waals surface area contributed by atoms with E-state index in [4.69, 9.17) is 11.6 Å². The van der Waals surface area contributed by atoms with Crippen molar-refractivity contribution in [1.82, 2.24) is 5.43 Å². The Morgan fingerprint density at radius 2 is 1.55 bits per heavy atom. The number of carbonyl (C=O) groups excluding carboxylic acids is 1. The van der Waals surface area contributed by atoms with Crippen LogP contribution in [0.25, 0.3) is 0 Å². The van der Waals surface area contributed by atoms with Crippen LogP contribution in [-0.4, -0.2) is 20.0 Å². The molecule has 38 heavy (non-hydrogen) atoms. The lowest BCUT2D eigenvalue weighted by Gasteiger charge is -2.26. The fraction of sp³-hybridized carbons (Fsp3) is 0.103. The Bertz CT molecular complexity index is 1570. The molecule has 0 saturated carbocycles. The summed E-state index contributed by atoms with van der Waals surface area (Å²) in [5.41, 5.74) is 5.93. The molecule has 194 valence electrons. The number of carbonyl (C=O) groups is 1. The summed E-state index contributed by atoms with van der Waals surface area (Å²) in [6, 6.07) is 25.7. The Labute approximate surface area is 226 Å². The van der Waals surface area contributed by atoms with Crippen LogP contribution in [0, 0.1) is 12.7 Å². The number of anilines is 1. The standard InChI is InChI=1S/C29H25ClFN3O3S/c1-20-8-15-25(30)18-28(20)34(38(36,37)27-6-4-3-5-7-27)19-22-9-11-24(12-10-22)29(35)33-32-21(2)23-13-16-26(31)17-14-23/h3-18H,19H2,1-2H3,(H,33,35)/b32-21-. The third-order valence-electron chi connectivity index (χ3n) is 5.90. The van der Waals surface area contributed by atoms with Crippen molar-refractivity contribution in [3.8, 4) is 0 Å². The second-order valence-electron chi connectivity index (χ2n) is 8.60. The molecule has 0 radical (unpaired) electrons. The van der Waals surface area contributed by atoms with E-state index >= 15 is 0 Å². The second kappa shape index (κ2) is 11.6. The molecule has 9 heteroatoms. The van der Waals surface area contributed by atoms with Crippen molar-refractivity contribution in [2.75, 3.05) is 4.31 Å². The molecule has 4 rings (SSSR count). The van der Waals surface area contributed by atoms with Crippen LogP contribution < -0.4 is 9.73 Å². The zero-order valence-electron chi connectivity index (χ0n) is 20.7. The summed E-state index contributed by atoms with van der Waals surface area (Å²) in [5.74, 6) is -0.788. The number of amides is 1. The average Bonchev–Trinajstić information content (AvgIpc) is 2.92. The second-order valence-corrected chi connectivity index (χ2v) is 10.9. The van der Waals surface area contributed by atoms with Gasteiger partial charge in [0, 0.05) is 10.6 Å². The number of hydrogen-bond donors (Lipinski definition) is 1. The van der Waals surface area contributed by atoms with E-state index in [-0.39, 0.29) is 17.3 Å². The molecular weight excluding hydrogens is 525 g/mol. The van der Waals surface area contributed by atoms with Crippen molar-refractivity contribution in [2.24, 2.45) is 5.10 Å². The topological polar surface area (TPSA) is 78.8 Å². The Morgan fingerprint density at radius 3 is 2.21 bits per heavy atom. The van der Waals surface area contributed by atoms with Crippen LogP contribution in [0.1, 0.15) is 34.0 Å². The first kappa shape index (κ1) is 27.0. The SMILES string of the molecule is C/C(=N/NC(=O)c1ccc(CN(c2cc(Cl)ccc2C)S(=O)(=O)c2ccccc2)cc1)c1ccc(F)cc1. The van der Waals surface area contributed by atoms with Crippen LogP contribution in [0.15, 0.2) is 107 Å². The predicted molar refractivity (Wildman–Crippen MR) is 149 cm³/mol. The number of rotatable bonds is 8. The lowest BCUT2D eigenvalue weighted by Crippen LogP contribution is -2.31. The van der Waals surface area contributed by atoms with Gasteiger partial charge in [0.05, 0.1) is 22.8 Å². The van der Waals surface area contributed by atoms with E-state index in [1.807, 2.05) is 6.92 Å². The summed E-state index contributed by atoms with van der Waals surface area (Å²) in [4.78, 5) is 12.8. The van der Waals surface area contributed by atoms with E-state index in [1.165, 1.54) is 16.4 Å². The number of nitrogens with one attached hydrogen (secondary N) is 1. The number of hydrazone groups is 1. The van der Waals surface area contributed by atoms with Gasteiger partial charge in [-0.2, -0.15) is 5.10 Å². The number of benzene rings is 4. The van der Waals surface area contributed by atoms with Crippen LogP contribution in [-0.2, 0) is 16.6 Å². The summed E-state index contributed by atoms with van der Waals surface area (Å²) in [6.07, 6.45) is 0. The van der Waals surface area contributed by atoms with Crippen LogP contribution in [0.3, 0.4) is 0 Å². The molecule has 0 bridgehead atoms. The largest absolute Gasteiger partial charge is 0.271 e. The monoisotopic (exact) mass is 549 g/mol.